The molecule has 0 spiro atoms. The van der Waals surface area contributed by atoms with Crippen LogP contribution in [-0.4, -0.2) is 24.0 Å². The summed E-state index contributed by atoms with van der Waals surface area (Å²) in [7, 11) is 0. The lowest BCUT2D eigenvalue weighted by molar-refractivity contribution is -0.135. The van der Waals surface area contributed by atoms with E-state index in [1.807, 2.05) is 80.6 Å². The number of amides is 2. The quantitative estimate of drug-likeness (QED) is 0.583. The molecule has 3 aromatic rings. The number of aryl methyl sites for hydroxylation is 1. The Bertz CT molecular complexity index is 1020. The Morgan fingerprint density at radius 2 is 1.47 bits per heavy atom. The highest BCUT2D eigenvalue weighted by Crippen LogP contribution is 2.21. The average molecular weight is 406 g/mol. The second-order valence-electron chi connectivity index (χ2n) is 7.08. The Kier molecular flexibility index (Phi) is 6.91. The van der Waals surface area contributed by atoms with E-state index in [2.05, 4.69) is 10.9 Å². The molecule has 0 heterocycles. The molecule has 0 radical (unpaired) electrons. The molecular weight excluding hydrogens is 380 g/mol. The van der Waals surface area contributed by atoms with E-state index in [0.29, 0.717) is 17.9 Å². The number of fused-ring (bicyclic) bond motifs is 1. The molecule has 0 saturated heterocycles. The van der Waals surface area contributed by atoms with E-state index in [4.69, 9.17) is 9.47 Å². The van der Waals surface area contributed by atoms with Gasteiger partial charge in [-0.2, -0.15) is 0 Å². The molecule has 2 N–H and O–H groups in total. The third-order valence-corrected chi connectivity index (χ3v) is 4.67. The second kappa shape index (κ2) is 9.78. The number of benzene rings is 3. The van der Waals surface area contributed by atoms with Crippen molar-refractivity contribution >= 4 is 22.6 Å². The fourth-order valence-electron chi connectivity index (χ4n) is 2.91. The number of hydrogen-bond donors (Lipinski definition) is 2. The molecule has 6 nitrogen and oxygen atoms in total. The van der Waals surface area contributed by atoms with Crippen LogP contribution in [-0.2, 0) is 9.59 Å². The molecule has 0 bridgehead atoms. The Labute approximate surface area is 176 Å². The van der Waals surface area contributed by atoms with E-state index in [1.54, 1.807) is 6.92 Å². The van der Waals surface area contributed by atoms with Gasteiger partial charge in [0.1, 0.15) is 11.5 Å². The number of rotatable bonds is 7. The van der Waals surface area contributed by atoms with Crippen molar-refractivity contribution in [1.29, 1.82) is 0 Å². The summed E-state index contributed by atoms with van der Waals surface area (Å²) in [6, 6.07) is 21.0. The maximum atomic E-state index is 12.4. The van der Waals surface area contributed by atoms with Crippen molar-refractivity contribution in [2.75, 3.05) is 0 Å². The first-order chi connectivity index (χ1) is 14.5. The predicted octanol–water partition coefficient (Wildman–Crippen LogP) is 3.92. The highest BCUT2D eigenvalue weighted by Gasteiger charge is 2.21. The zero-order valence-corrected chi connectivity index (χ0v) is 17.3. The molecule has 30 heavy (non-hydrogen) atoms. The van der Waals surface area contributed by atoms with Crippen LogP contribution in [0.2, 0.25) is 0 Å². The van der Waals surface area contributed by atoms with Gasteiger partial charge in [-0.1, -0.05) is 55.0 Å². The monoisotopic (exact) mass is 406 g/mol. The minimum Gasteiger partial charge on any atom is -0.481 e. The highest BCUT2D eigenvalue weighted by atomic mass is 16.5. The first-order valence-electron chi connectivity index (χ1n) is 9.94. The summed E-state index contributed by atoms with van der Waals surface area (Å²) in [5, 5.41) is 2.11. The topological polar surface area (TPSA) is 76.7 Å². The van der Waals surface area contributed by atoms with Crippen molar-refractivity contribution in [3.63, 3.8) is 0 Å². The number of nitrogens with one attached hydrogen (secondary N) is 2. The number of carbonyl (C=O) groups excluding carboxylic acids is 2. The molecule has 0 aliphatic heterocycles. The Morgan fingerprint density at radius 1 is 0.833 bits per heavy atom. The van der Waals surface area contributed by atoms with Gasteiger partial charge >= 0.3 is 0 Å². The first kappa shape index (κ1) is 21.2. The number of hydrazine groups is 1. The van der Waals surface area contributed by atoms with Gasteiger partial charge in [-0.05, 0) is 55.3 Å². The van der Waals surface area contributed by atoms with E-state index in [-0.39, 0.29) is 0 Å². The summed E-state index contributed by atoms with van der Waals surface area (Å²) in [6.45, 7) is 5.44. The van der Waals surface area contributed by atoms with Gasteiger partial charge in [-0.25, -0.2) is 0 Å². The largest absolute Gasteiger partial charge is 0.481 e. The fraction of sp³-hybridized carbons (Fsp3) is 0.250. The average Bonchev–Trinajstić information content (AvgIpc) is 2.76. The van der Waals surface area contributed by atoms with E-state index >= 15 is 0 Å². The number of carbonyl (C=O) groups is 2. The van der Waals surface area contributed by atoms with Crippen LogP contribution in [0.5, 0.6) is 11.5 Å². The van der Waals surface area contributed by atoms with Gasteiger partial charge in [-0.3, -0.25) is 20.4 Å². The molecule has 2 atom stereocenters. The van der Waals surface area contributed by atoms with Crippen molar-refractivity contribution in [1.82, 2.24) is 10.9 Å². The number of ether oxygens (including phenoxy) is 2. The lowest BCUT2D eigenvalue weighted by Crippen LogP contribution is -2.51. The zero-order chi connectivity index (χ0) is 21.5. The van der Waals surface area contributed by atoms with Crippen LogP contribution in [0.25, 0.3) is 10.8 Å². The highest BCUT2D eigenvalue weighted by molar-refractivity contribution is 5.87. The SMILES string of the molecule is CC[C@@H](Oc1ccc(C)cc1)C(=O)NNC(=O)[C@@H](C)Oc1ccc2ccccc2c1. The smallest absolute Gasteiger partial charge is 0.279 e. The van der Waals surface area contributed by atoms with Crippen LogP contribution in [0.3, 0.4) is 0 Å². The molecule has 156 valence electrons. The van der Waals surface area contributed by atoms with Crippen LogP contribution in [0.15, 0.2) is 66.7 Å². The van der Waals surface area contributed by atoms with E-state index < -0.39 is 24.0 Å². The van der Waals surface area contributed by atoms with Crippen LogP contribution >= 0.6 is 0 Å². The molecule has 2 amide bonds. The molecule has 0 aromatic heterocycles. The standard InChI is InChI=1S/C24H26N2O4/c1-4-22(30-20-12-9-16(2)10-13-20)24(28)26-25-23(27)17(3)29-21-14-11-18-7-5-6-8-19(18)15-21/h5-15,17,22H,4H2,1-3H3,(H,25,27)(H,26,28)/t17-,22-/m1/s1. The molecule has 3 aromatic carbocycles. The molecule has 0 aliphatic rings. The lowest BCUT2D eigenvalue weighted by Gasteiger charge is -2.19. The normalized spacial score (nSPS) is 12.6. The Hall–Kier alpha value is -3.54. The third kappa shape index (κ3) is 5.50. The summed E-state index contributed by atoms with van der Waals surface area (Å²) in [6.07, 6.45) is -1.05. The predicted molar refractivity (Wildman–Crippen MR) is 116 cm³/mol. The van der Waals surface area contributed by atoms with Crippen LogP contribution < -0.4 is 20.3 Å². The molecule has 3 rings (SSSR count). The van der Waals surface area contributed by atoms with Gasteiger partial charge in [0, 0.05) is 0 Å². The first-order valence-corrected chi connectivity index (χ1v) is 9.94. The van der Waals surface area contributed by atoms with Gasteiger partial charge in [-0.15, -0.1) is 0 Å². The van der Waals surface area contributed by atoms with Crippen molar-refractivity contribution in [3.05, 3.63) is 72.3 Å². The Balaban J connectivity index is 1.52. The van der Waals surface area contributed by atoms with Crippen molar-refractivity contribution in [3.8, 4) is 11.5 Å². The van der Waals surface area contributed by atoms with Gasteiger partial charge in [0.2, 0.25) is 0 Å². The molecule has 0 fully saturated rings. The maximum absolute atomic E-state index is 12.4. The van der Waals surface area contributed by atoms with Crippen molar-refractivity contribution in [2.45, 2.75) is 39.4 Å². The van der Waals surface area contributed by atoms with Crippen LogP contribution in [0, 0.1) is 6.92 Å². The van der Waals surface area contributed by atoms with Crippen molar-refractivity contribution in [2.24, 2.45) is 0 Å². The van der Waals surface area contributed by atoms with Crippen LogP contribution in [0.4, 0.5) is 0 Å². The fourth-order valence-corrected chi connectivity index (χ4v) is 2.91. The molecule has 0 aliphatic carbocycles. The second-order valence-corrected chi connectivity index (χ2v) is 7.08. The van der Waals surface area contributed by atoms with Crippen molar-refractivity contribution < 1.29 is 19.1 Å². The summed E-state index contributed by atoms with van der Waals surface area (Å²) in [5.74, 6) is 0.296. The third-order valence-electron chi connectivity index (χ3n) is 4.67. The summed E-state index contributed by atoms with van der Waals surface area (Å²) >= 11 is 0. The van der Waals surface area contributed by atoms with Crippen LogP contribution in [0.1, 0.15) is 25.8 Å². The lowest BCUT2D eigenvalue weighted by atomic mass is 10.1. The van der Waals surface area contributed by atoms with E-state index in [9.17, 15) is 9.59 Å². The van der Waals surface area contributed by atoms with Gasteiger partial charge < -0.3 is 9.47 Å². The minimum atomic E-state index is -0.787. The van der Waals surface area contributed by atoms with Gasteiger partial charge in [0.15, 0.2) is 12.2 Å². The molecular formula is C24H26N2O4. The summed E-state index contributed by atoms with van der Waals surface area (Å²) in [4.78, 5) is 24.7. The zero-order valence-electron chi connectivity index (χ0n) is 17.3. The summed E-state index contributed by atoms with van der Waals surface area (Å²) in [5.41, 5.74) is 5.93. The molecule has 0 unspecified atom stereocenters. The van der Waals surface area contributed by atoms with E-state index in [0.717, 1.165) is 16.3 Å². The molecule has 6 heteroatoms. The van der Waals surface area contributed by atoms with Gasteiger partial charge in [0.25, 0.3) is 11.8 Å². The summed E-state index contributed by atoms with van der Waals surface area (Å²) < 4.78 is 11.4. The number of hydrogen-bond acceptors (Lipinski definition) is 4. The van der Waals surface area contributed by atoms with E-state index in [1.165, 1.54) is 0 Å². The maximum Gasteiger partial charge on any atom is 0.279 e. The minimum absolute atomic E-state index is 0.427. The Morgan fingerprint density at radius 3 is 2.17 bits per heavy atom. The van der Waals surface area contributed by atoms with Gasteiger partial charge in [0.05, 0.1) is 0 Å². The molecule has 0 saturated carbocycles.